The Kier molecular flexibility index (Phi) is 6.56. The molecule has 5 nitrogen and oxygen atoms in total. The average molecular weight is 457 g/mol. The Labute approximate surface area is 194 Å². The third kappa shape index (κ3) is 5.30. The summed E-state index contributed by atoms with van der Waals surface area (Å²) in [5.41, 5.74) is 3.84. The minimum absolute atomic E-state index is 0.142. The molecule has 0 aliphatic carbocycles. The van der Waals surface area contributed by atoms with E-state index in [0.717, 1.165) is 11.1 Å². The lowest BCUT2D eigenvalue weighted by Crippen LogP contribution is -2.29. The van der Waals surface area contributed by atoms with E-state index in [-0.39, 0.29) is 11.7 Å². The first kappa shape index (κ1) is 22.3. The van der Waals surface area contributed by atoms with E-state index in [1.807, 2.05) is 60.7 Å². The Hall–Kier alpha value is -3.90. The van der Waals surface area contributed by atoms with Crippen molar-refractivity contribution < 1.29 is 13.2 Å². The number of amides is 1. The number of nitrogens with one attached hydrogen (secondary N) is 1. The molecule has 0 aliphatic rings. The van der Waals surface area contributed by atoms with E-state index in [9.17, 15) is 13.2 Å². The quantitative estimate of drug-likeness (QED) is 0.395. The smallest absolute Gasteiger partial charge is 0.255 e. The standard InChI is InChI=1S/C27H24N2O3S/c1-29(33(31,32)20-21-11-5-2-6-12-21)26-18-17-24(22-13-7-3-8-14-22)19-25(26)28-27(30)23-15-9-4-10-16-23/h2-19H,20H2,1H3,(H,28,30). The summed E-state index contributed by atoms with van der Waals surface area (Å²) in [6.07, 6.45) is 0. The number of benzene rings is 4. The first-order valence-corrected chi connectivity index (χ1v) is 12.1. The van der Waals surface area contributed by atoms with Crippen LogP contribution in [0.1, 0.15) is 15.9 Å². The van der Waals surface area contributed by atoms with Crippen LogP contribution in [0.15, 0.2) is 109 Å². The van der Waals surface area contributed by atoms with E-state index < -0.39 is 10.0 Å². The lowest BCUT2D eigenvalue weighted by atomic mass is 10.0. The van der Waals surface area contributed by atoms with Gasteiger partial charge >= 0.3 is 0 Å². The normalized spacial score (nSPS) is 11.1. The first-order valence-electron chi connectivity index (χ1n) is 10.5. The SMILES string of the molecule is CN(c1ccc(-c2ccccc2)cc1NC(=O)c1ccccc1)S(=O)(=O)Cc1ccccc1. The lowest BCUT2D eigenvalue weighted by molar-refractivity contribution is 0.102. The molecule has 0 heterocycles. The van der Waals surface area contributed by atoms with Gasteiger partial charge in [0.2, 0.25) is 10.0 Å². The summed E-state index contributed by atoms with van der Waals surface area (Å²) in [5.74, 6) is -0.451. The van der Waals surface area contributed by atoms with Gasteiger partial charge in [0.05, 0.1) is 17.1 Å². The summed E-state index contributed by atoms with van der Waals surface area (Å²) in [4.78, 5) is 12.9. The number of hydrogen-bond donors (Lipinski definition) is 1. The van der Waals surface area contributed by atoms with E-state index >= 15 is 0 Å². The minimum atomic E-state index is -3.68. The van der Waals surface area contributed by atoms with Crippen LogP contribution < -0.4 is 9.62 Å². The Morgan fingerprint density at radius 1 is 0.758 bits per heavy atom. The maximum absolute atomic E-state index is 13.2. The van der Waals surface area contributed by atoms with E-state index in [2.05, 4.69) is 5.32 Å². The molecule has 0 saturated carbocycles. The molecule has 0 aliphatic heterocycles. The summed E-state index contributed by atoms with van der Waals surface area (Å²) >= 11 is 0. The van der Waals surface area contributed by atoms with Gasteiger partial charge < -0.3 is 5.32 Å². The first-order chi connectivity index (χ1) is 15.9. The minimum Gasteiger partial charge on any atom is -0.320 e. The highest BCUT2D eigenvalue weighted by Crippen LogP contribution is 2.33. The van der Waals surface area contributed by atoms with Crippen LogP contribution in [0.4, 0.5) is 11.4 Å². The highest BCUT2D eigenvalue weighted by molar-refractivity contribution is 7.92. The van der Waals surface area contributed by atoms with Crippen LogP contribution in [0, 0.1) is 0 Å². The monoisotopic (exact) mass is 456 g/mol. The molecular formula is C27H24N2O3S. The third-order valence-corrected chi connectivity index (χ3v) is 7.07. The molecule has 0 spiro atoms. The Bertz CT molecular complexity index is 1340. The van der Waals surface area contributed by atoms with E-state index in [1.54, 1.807) is 48.5 Å². The lowest BCUT2D eigenvalue weighted by Gasteiger charge is -2.23. The Morgan fingerprint density at radius 2 is 1.33 bits per heavy atom. The van der Waals surface area contributed by atoms with Crippen molar-refractivity contribution in [3.63, 3.8) is 0 Å². The van der Waals surface area contributed by atoms with Crippen molar-refractivity contribution in [2.24, 2.45) is 0 Å². The largest absolute Gasteiger partial charge is 0.320 e. The number of hydrogen-bond acceptors (Lipinski definition) is 3. The van der Waals surface area contributed by atoms with E-state index in [0.29, 0.717) is 22.5 Å². The van der Waals surface area contributed by atoms with Gasteiger partial charge in [0.1, 0.15) is 0 Å². The topological polar surface area (TPSA) is 66.5 Å². The molecule has 0 bridgehead atoms. The molecule has 0 aromatic heterocycles. The number of sulfonamides is 1. The van der Waals surface area contributed by atoms with Crippen LogP contribution in [-0.4, -0.2) is 21.4 Å². The number of rotatable bonds is 7. The van der Waals surface area contributed by atoms with Crippen molar-refractivity contribution >= 4 is 27.3 Å². The highest BCUT2D eigenvalue weighted by Gasteiger charge is 2.23. The Balaban J connectivity index is 1.72. The fourth-order valence-corrected chi connectivity index (χ4v) is 4.80. The van der Waals surface area contributed by atoms with Crippen LogP contribution in [0.2, 0.25) is 0 Å². The summed E-state index contributed by atoms with van der Waals surface area (Å²) in [5, 5.41) is 2.91. The number of carbonyl (C=O) groups is 1. The van der Waals surface area contributed by atoms with Gasteiger partial charge in [-0.3, -0.25) is 9.10 Å². The summed E-state index contributed by atoms with van der Waals surface area (Å²) in [6, 6.07) is 33.0. The average Bonchev–Trinajstić information content (AvgIpc) is 2.85. The summed E-state index contributed by atoms with van der Waals surface area (Å²) in [7, 11) is -2.18. The van der Waals surface area contributed by atoms with Crippen molar-refractivity contribution in [1.29, 1.82) is 0 Å². The molecule has 0 saturated heterocycles. The number of carbonyl (C=O) groups excluding carboxylic acids is 1. The van der Waals surface area contributed by atoms with Gasteiger partial charge in [0.25, 0.3) is 5.91 Å². The number of nitrogens with zero attached hydrogens (tertiary/aromatic N) is 1. The molecule has 4 aromatic rings. The second-order valence-corrected chi connectivity index (χ2v) is 9.63. The predicted molar refractivity (Wildman–Crippen MR) is 134 cm³/mol. The van der Waals surface area contributed by atoms with Crippen molar-refractivity contribution in [1.82, 2.24) is 0 Å². The molecule has 1 amide bonds. The van der Waals surface area contributed by atoms with Crippen LogP contribution in [0.5, 0.6) is 0 Å². The highest BCUT2D eigenvalue weighted by atomic mass is 32.2. The van der Waals surface area contributed by atoms with Gasteiger partial charge in [-0.05, 0) is 41.0 Å². The van der Waals surface area contributed by atoms with Crippen molar-refractivity contribution in [3.8, 4) is 11.1 Å². The zero-order valence-electron chi connectivity index (χ0n) is 18.2. The summed E-state index contributed by atoms with van der Waals surface area (Å²) in [6.45, 7) is 0. The molecule has 0 unspecified atom stereocenters. The molecule has 6 heteroatoms. The maximum atomic E-state index is 13.2. The van der Waals surface area contributed by atoms with Gasteiger partial charge in [-0.2, -0.15) is 0 Å². The Morgan fingerprint density at radius 3 is 1.97 bits per heavy atom. The molecule has 0 fully saturated rings. The van der Waals surface area contributed by atoms with Gasteiger partial charge in [-0.15, -0.1) is 0 Å². The third-order valence-electron chi connectivity index (χ3n) is 5.34. The molecule has 4 aromatic carbocycles. The molecule has 1 N–H and O–H groups in total. The zero-order valence-corrected chi connectivity index (χ0v) is 19.0. The molecule has 0 atom stereocenters. The zero-order chi connectivity index (χ0) is 23.3. The van der Waals surface area contributed by atoms with Crippen LogP contribution in [0.3, 0.4) is 0 Å². The van der Waals surface area contributed by atoms with Gasteiger partial charge in [0.15, 0.2) is 0 Å². The second kappa shape index (κ2) is 9.71. The fraction of sp³-hybridized carbons (Fsp3) is 0.0741. The van der Waals surface area contributed by atoms with E-state index in [1.165, 1.54) is 11.4 Å². The molecule has 33 heavy (non-hydrogen) atoms. The van der Waals surface area contributed by atoms with Gasteiger partial charge in [0, 0.05) is 12.6 Å². The molecule has 166 valence electrons. The van der Waals surface area contributed by atoms with Gasteiger partial charge in [-0.25, -0.2) is 8.42 Å². The van der Waals surface area contributed by atoms with Crippen LogP contribution >= 0.6 is 0 Å². The van der Waals surface area contributed by atoms with Gasteiger partial charge in [-0.1, -0.05) is 84.9 Å². The second-order valence-electron chi connectivity index (χ2n) is 7.63. The van der Waals surface area contributed by atoms with Crippen LogP contribution in [0.25, 0.3) is 11.1 Å². The molecule has 4 rings (SSSR count). The molecular weight excluding hydrogens is 432 g/mol. The van der Waals surface area contributed by atoms with Crippen molar-refractivity contribution in [2.45, 2.75) is 5.75 Å². The maximum Gasteiger partial charge on any atom is 0.255 e. The van der Waals surface area contributed by atoms with Crippen molar-refractivity contribution in [2.75, 3.05) is 16.7 Å². The van der Waals surface area contributed by atoms with E-state index in [4.69, 9.17) is 0 Å². The fourth-order valence-electron chi connectivity index (χ4n) is 3.54. The van der Waals surface area contributed by atoms with Crippen molar-refractivity contribution in [3.05, 3.63) is 120 Å². The summed E-state index contributed by atoms with van der Waals surface area (Å²) < 4.78 is 27.6. The number of anilines is 2. The predicted octanol–water partition coefficient (Wildman–Crippen LogP) is 5.57. The molecule has 0 radical (unpaired) electrons. The van der Waals surface area contributed by atoms with Crippen LogP contribution in [-0.2, 0) is 15.8 Å².